The van der Waals surface area contributed by atoms with Crippen molar-refractivity contribution in [3.05, 3.63) is 41.7 Å². The van der Waals surface area contributed by atoms with Crippen molar-refractivity contribution in [3.63, 3.8) is 0 Å². The molecule has 1 heterocycles. The number of carbonyl (C=O) groups is 1. The maximum absolute atomic E-state index is 12.1. The number of carbonyl (C=O) groups excluding carboxylic acids is 1. The lowest BCUT2D eigenvalue weighted by Gasteiger charge is -2.19. The number of nitrogens with one attached hydrogen (secondary N) is 2. The molecule has 0 radical (unpaired) electrons. The highest BCUT2D eigenvalue weighted by molar-refractivity contribution is 5.88. The molecule has 0 saturated heterocycles. The number of anilines is 1. The summed E-state index contributed by atoms with van der Waals surface area (Å²) in [6.45, 7) is 1.78. The van der Waals surface area contributed by atoms with Gasteiger partial charge in [-0.15, -0.1) is 0 Å². The highest BCUT2D eigenvalue weighted by Gasteiger charge is 2.33. The normalized spacial score (nSPS) is 15.2. The molecular formula is C16H19N3O3. The van der Waals surface area contributed by atoms with Gasteiger partial charge >= 0.3 is 6.03 Å². The van der Waals surface area contributed by atoms with Gasteiger partial charge in [0.25, 0.3) is 0 Å². The Bertz CT molecular complexity index is 647. The Balaban J connectivity index is 1.67. The second-order valence-corrected chi connectivity index (χ2v) is 5.51. The molecule has 2 amide bonds. The molecule has 1 aliphatic rings. The van der Waals surface area contributed by atoms with Crippen LogP contribution in [0.2, 0.25) is 0 Å². The molecule has 1 aromatic carbocycles. The molecule has 1 fully saturated rings. The average Bonchev–Trinajstić information content (AvgIpc) is 3.28. The summed E-state index contributed by atoms with van der Waals surface area (Å²) in [5, 5.41) is 9.46. The lowest BCUT2D eigenvalue weighted by molar-refractivity contribution is 0.247. The SMILES string of the molecule is COc1ccc([C@@H](NC(=O)Nc2cc(C)on2)C2CC2)cc1. The largest absolute Gasteiger partial charge is 0.497 e. The molecule has 1 aromatic heterocycles. The first-order valence-corrected chi connectivity index (χ1v) is 7.30. The Hall–Kier alpha value is -2.50. The predicted molar refractivity (Wildman–Crippen MR) is 81.9 cm³/mol. The third-order valence-corrected chi connectivity index (χ3v) is 3.72. The number of ether oxygens (including phenoxy) is 1. The van der Waals surface area contributed by atoms with E-state index in [2.05, 4.69) is 15.8 Å². The number of amides is 2. The van der Waals surface area contributed by atoms with Gasteiger partial charge in [0.15, 0.2) is 5.82 Å². The molecule has 22 heavy (non-hydrogen) atoms. The molecule has 0 unspecified atom stereocenters. The number of aromatic nitrogens is 1. The minimum absolute atomic E-state index is 0.00101. The van der Waals surface area contributed by atoms with Crippen LogP contribution in [-0.2, 0) is 0 Å². The molecule has 116 valence electrons. The van der Waals surface area contributed by atoms with E-state index in [1.807, 2.05) is 24.3 Å². The molecule has 0 bridgehead atoms. The number of nitrogens with zero attached hydrogens (tertiary/aromatic N) is 1. The molecule has 6 heteroatoms. The van der Waals surface area contributed by atoms with Crippen LogP contribution in [0.15, 0.2) is 34.9 Å². The first-order chi connectivity index (χ1) is 10.7. The van der Waals surface area contributed by atoms with Crippen molar-refractivity contribution in [1.82, 2.24) is 10.5 Å². The second kappa shape index (κ2) is 6.09. The summed E-state index contributed by atoms with van der Waals surface area (Å²) in [7, 11) is 1.64. The summed E-state index contributed by atoms with van der Waals surface area (Å²) in [5.41, 5.74) is 1.08. The van der Waals surface area contributed by atoms with Crippen molar-refractivity contribution < 1.29 is 14.1 Å². The molecule has 1 aliphatic carbocycles. The van der Waals surface area contributed by atoms with Gasteiger partial charge in [0, 0.05) is 6.07 Å². The lowest BCUT2D eigenvalue weighted by atomic mass is 10.0. The van der Waals surface area contributed by atoms with Crippen LogP contribution in [-0.4, -0.2) is 18.3 Å². The van der Waals surface area contributed by atoms with Gasteiger partial charge < -0.3 is 14.6 Å². The van der Waals surface area contributed by atoms with Crippen LogP contribution in [0.5, 0.6) is 5.75 Å². The Morgan fingerprint density at radius 3 is 2.64 bits per heavy atom. The van der Waals surface area contributed by atoms with Gasteiger partial charge in [-0.2, -0.15) is 0 Å². The van der Waals surface area contributed by atoms with Gasteiger partial charge in [-0.05, 0) is 43.4 Å². The van der Waals surface area contributed by atoms with Crippen LogP contribution in [0.3, 0.4) is 0 Å². The van der Waals surface area contributed by atoms with Crippen LogP contribution in [0.1, 0.15) is 30.2 Å². The summed E-state index contributed by atoms with van der Waals surface area (Å²) < 4.78 is 10.1. The summed E-state index contributed by atoms with van der Waals surface area (Å²) in [5.74, 6) is 2.36. The van der Waals surface area contributed by atoms with E-state index in [0.717, 1.165) is 24.2 Å². The standard InChI is InChI=1S/C16H19N3O3/c1-10-9-14(19-22-10)17-16(20)18-15(11-3-4-11)12-5-7-13(21-2)8-6-12/h5-9,11,15H,3-4H2,1-2H3,(H2,17,18,19,20)/t15-/m0/s1. The Kier molecular flexibility index (Phi) is 4.00. The molecule has 2 N–H and O–H groups in total. The van der Waals surface area contributed by atoms with Crippen LogP contribution in [0.4, 0.5) is 10.6 Å². The van der Waals surface area contributed by atoms with Crippen molar-refractivity contribution >= 4 is 11.8 Å². The summed E-state index contributed by atoms with van der Waals surface area (Å²) in [6, 6.07) is 9.19. The van der Waals surface area contributed by atoms with E-state index in [1.54, 1.807) is 20.1 Å². The summed E-state index contributed by atoms with van der Waals surface area (Å²) in [4.78, 5) is 12.1. The van der Waals surface area contributed by atoms with Crippen molar-refractivity contribution in [3.8, 4) is 5.75 Å². The Labute approximate surface area is 128 Å². The van der Waals surface area contributed by atoms with Crippen molar-refractivity contribution in [2.45, 2.75) is 25.8 Å². The van der Waals surface area contributed by atoms with E-state index in [1.165, 1.54) is 0 Å². The number of rotatable bonds is 5. The van der Waals surface area contributed by atoms with E-state index in [0.29, 0.717) is 17.5 Å². The van der Waals surface area contributed by atoms with Crippen molar-refractivity contribution in [2.24, 2.45) is 5.92 Å². The molecule has 6 nitrogen and oxygen atoms in total. The number of methoxy groups -OCH3 is 1. The van der Waals surface area contributed by atoms with Crippen LogP contribution >= 0.6 is 0 Å². The molecule has 0 spiro atoms. The van der Waals surface area contributed by atoms with E-state index in [4.69, 9.17) is 9.26 Å². The first-order valence-electron chi connectivity index (χ1n) is 7.30. The quantitative estimate of drug-likeness (QED) is 0.888. The fourth-order valence-corrected chi connectivity index (χ4v) is 2.43. The van der Waals surface area contributed by atoms with Gasteiger partial charge in [0.1, 0.15) is 11.5 Å². The minimum Gasteiger partial charge on any atom is -0.497 e. The highest BCUT2D eigenvalue weighted by atomic mass is 16.5. The third kappa shape index (κ3) is 3.39. The summed E-state index contributed by atoms with van der Waals surface area (Å²) in [6.07, 6.45) is 2.25. The predicted octanol–water partition coefficient (Wildman–Crippen LogP) is 3.26. The number of aryl methyl sites for hydroxylation is 1. The van der Waals surface area contributed by atoms with Gasteiger partial charge in [0.05, 0.1) is 13.2 Å². The topological polar surface area (TPSA) is 76.4 Å². The maximum Gasteiger partial charge on any atom is 0.320 e. The monoisotopic (exact) mass is 301 g/mol. The zero-order chi connectivity index (χ0) is 15.5. The lowest BCUT2D eigenvalue weighted by Crippen LogP contribution is -2.33. The highest BCUT2D eigenvalue weighted by Crippen LogP contribution is 2.41. The molecule has 1 saturated carbocycles. The van der Waals surface area contributed by atoms with Crippen LogP contribution in [0.25, 0.3) is 0 Å². The molecule has 1 atom stereocenters. The molecule has 3 rings (SSSR count). The zero-order valence-electron chi connectivity index (χ0n) is 12.6. The second-order valence-electron chi connectivity index (χ2n) is 5.51. The van der Waals surface area contributed by atoms with Gasteiger partial charge in [-0.25, -0.2) is 4.79 Å². The van der Waals surface area contributed by atoms with E-state index >= 15 is 0 Å². The zero-order valence-corrected chi connectivity index (χ0v) is 12.6. The van der Waals surface area contributed by atoms with Gasteiger partial charge in [-0.1, -0.05) is 17.3 Å². The Morgan fingerprint density at radius 1 is 1.36 bits per heavy atom. The average molecular weight is 301 g/mol. The number of urea groups is 1. The molecule has 0 aliphatic heterocycles. The fraction of sp³-hybridized carbons (Fsp3) is 0.375. The van der Waals surface area contributed by atoms with E-state index < -0.39 is 0 Å². The van der Waals surface area contributed by atoms with Crippen molar-refractivity contribution in [1.29, 1.82) is 0 Å². The molecule has 2 aromatic rings. The van der Waals surface area contributed by atoms with Crippen LogP contribution in [0, 0.1) is 12.8 Å². The van der Waals surface area contributed by atoms with E-state index in [-0.39, 0.29) is 12.1 Å². The van der Waals surface area contributed by atoms with Crippen molar-refractivity contribution in [2.75, 3.05) is 12.4 Å². The first kappa shape index (κ1) is 14.4. The number of benzene rings is 1. The number of hydrogen-bond acceptors (Lipinski definition) is 4. The number of hydrogen-bond donors (Lipinski definition) is 2. The molecular weight excluding hydrogens is 282 g/mol. The third-order valence-electron chi connectivity index (χ3n) is 3.72. The van der Waals surface area contributed by atoms with E-state index in [9.17, 15) is 4.79 Å². The summed E-state index contributed by atoms with van der Waals surface area (Å²) >= 11 is 0. The van der Waals surface area contributed by atoms with Crippen LogP contribution < -0.4 is 15.4 Å². The Morgan fingerprint density at radius 2 is 2.09 bits per heavy atom. The van der Waals surface area contributed by atoms with Gasteiger partial charge in [0.2, 0.25) is 0 Å². The van der Waals surface area contributed by atoms with Gasteiger partial charge in [-0.3, -0.25) is 5.32 Å². The maximum atomic E-state index is 12.1. The fourth-order valence-electron chi connectivity index (χ4n) is 2.43. The smallest absolute Gasteiger partial charge is 0.320 e. The minimum atomic E-state index is -0.277.